The molecule has 6 heteroatoms. The number of rotatable bonds is 5. The van der Waals surface area contributed by atoms with Gasteiger partial charge >= 0.3 is 0 Å². The predicted octanol–water partition coefficient (Wildman–Crippen LogP) is 5.45. The summed E-state index contributed by atoms with van der Waals surface area (Å²) in [6.45, 7) is 0.314. The van der Waals surface area contributed by atoms with Crippen molar-refractivity contribution in [2.24, 2.45) is 0 Å². The van der Waals surface area contributed by atoms with Crippen LogP contribution in [0.2, 0.25) is 0 Å². The third kappa shape index (κ3) is 3.63. The molecule has 0 aliphatic rings. The van der Waals surface area contributed by atoms with E-state index in [0.717, 1.165) is 16.8 Å². The lowest BCUT2D eigenvalue weighted by Gasteiger charge is -2.00. The zero-order valence-corrected chi connectivity index (χ0v) is 15.9. The first-order chi connectivity index (χ1) is 14.8. The van der Waals surface area contributed by atoms with Crippen molar-refractivity contribution in [1.29, 1.82) is 0 Å². The predicted molar refractivity (Wildman–Crippen MR) is 112 cm³/mol. The quantitative estimate of drug-likeness (QED) is 0.396. The van der Waals surface area contributed by atoms with Crippen LogP contribution in [0.25, 0.3) is 33.8 Å². The van der Waals surface area contributed by atoms with E-state index >= 15 is 0 Å². The van der Waals surface area contributed by atoms with E-state index in [9.17, 15) is 4.39 Å². The Morgan fingerprint density at radius 1 is 0.800 bits per heavy atom. The van der Waals surface area contributed by atoms with Gasteiger partial charge in [-0.25, -0.2) is 14.1 Å². The number of oxazole rings is 1. The Kier molecular flexibility index (Phi) is 4.65. The molecule has 0 aliphatic carbocycles. The van der Waals surface area contributed by atoms with E-state index in [0.29, 0.717) is 29.5 Å². The van der Waals surface area contributed by atoms with E-state index in [1.807, 2.05) is 60.7 Å². The van der Waals surface area contributed by atoms with Crippen LogP contribution < -0.4 is 0 Å². The summed E-state index contributed by atoms with van der Waals surface area (Å²) in [4.78, 5) is 4.73. The van der Waals surface area contributed by atoms with Crippen LogP contribution in [0.15, 0.2) is 95.5 Å². The monoisotopic (exact) mass is 396 g/mol. The minimum atomic E-state index is -0.310. The highest BCUT2D eigenvalue weighted by atomic mass is 19.1. The summed E-state index contributed by atoms with van der Waals surface area (Å²) < 4.78 is 21.3. The van der Waals surface area contributed by atoms with Crippen LogP contribution in [0.1, 0.15) is 5.89 Å². The van der Waals surface area contributed by atoms with E-state index in [1.165, 1.54) is 12.1 Å². The minimum Gasteiger partial charge on any atom is -0.438 e. The Morgan fingerprint density at radius 3 is 2.23 bits per heavy atom. The Hall–Kier alpha value is -4.06. The molecule has 0 bridgehead atoms. The van der Waals surface area contributed by atoms with Gasteiger partial charge in [-0.05, 0) is 12.1 Å². The van der Waals surface area contributed by atoms with Crippen LogP contribution in [0, 0.1) is 5.82 Å². The second-order valence-electron chi connectivity index (χ2n) is 6.83. The standard InChI is InChI=1S/C24H17FN4O/c25-20-13-7-12-19(14-20)21-15-29(28-27-21)16-22-26-23(17-8-3-1-4-9-17)24(30-22)18-10-5-2-6-11-18/h1-15H,16H2. The molecular weight excluding hydrogens is 379 g/mol. The van der Waals surface area contributed by atoms with Gasteiger partial charge in [-0.15, -0.1) is 5.10 Å². The van der Waals surface area contributed by atoms with Crippen molar-refractivity contribution in [2.75, 3.05) is 0 Å². The molecule has 0 radical (unpaired) electrons. The first kappa shape index (κ1) is 18.0. The van der Waals surface area contributed by atoms with Crippen LogP contribution in [0.4, 0.5) is 4.39 Å². The van der Waals surface area contributed by atoms with Gasteiger partial charge in [0.15, 0.2) is 5.76 Å². The van der Waals surface area contributed by atoms with E-state index in [4.69, 9.17) is 9.40 Å². The van der Waals surface area contributed by atoms with E-state index < -0.39 is 0 Å². The first-order valence-corrected chi connectivity index (χ1v) is 9.53. The summed E-state index contributed by atoms with van der Waals surface area (Å²) >= 11 is 0. The summed E-state index contributed by atoms with van der Waals surface area (Å²) in [5.41, 5.74) is 3.97. The lowest BCUT2D eigenvalue weighted by Crippen LogP contribution is -2.00. The van der Waals surface area contributed by atoms with Crippen molar-refractivity contribution in [3.8, 4) is 33.8 Å². The second kappa shape index (κ2) is 7.75. The zero-order chi connectivity index (χ0) is 20.3. The molecule has 5 aromatic rings. The maximum Gasteiger partial charge on any atom is 0.217 e. The van der Waals surface area contributed by atoms with Gasteiger partial charge < -0.3 is 4.42 Å². The fourth-order valence-electron chi connectivity index (χ4n) is 3.30. The van der Waals surface area contributed by atoms with Crippen LogP contribution in [0.5, 0.6) is 0 Å². The average Bonchev–Trinajstić information content (AvgIpc) is 3.43. The topological polar surface area (TPSA) is 56.7 Å². The molecule has 0 spiro atoms. The molecule has 0 N–H and O–H groups in total. The summed E-state index contributed by atoms with van der Waals surface area (Å²) in [7, 11) is 0. The van der Waals surface area contributed by atoms with Crippen molar-refractivity contribution < 1.29 is 8.81 Å². The highest BCUT2D eigenvalue weighted by molar-refractivity contribution is 5.76. The van der Waals surface area contributed by atoms with Crippen molar-refractivity contribution in [3.63, 3.8) is 0 Å². The van der Waals surface area contributed by atoms with Gasteiger partial charge in [0.1, 0.15) is 23.7 Å². The van der Waals surface area contributed by atoms with Crippen molar-refractivity contribution >= 4 is 0 Å². The molecule has 0 amide bonds. The van der Waals surface area contributed by atoms with Crippen LogP contribution in [0.3, 0.4) is 0 Å². The highest BCUT2D eigenvalue weighted by Crippen LogP contribution is 2.32. The molecule has 5 rings (SSSR count). The third-order valence-electron chi connectivity index (χ3n) is 4.71. The molecule has 0 fully saturated rings. The molecule has 30 heavy (non-hydrogen) atoms. The largest absolute Gasteiger partial charge is 0.438 e. The molecule has 5 nitrogen and oxygen atoms in total. The van der Waals surface area contributed by atoms with E-state index in [2.05, 4.69) is 10.3 Å². The molecule has 0 saturated carbocycles. The number of hydrogen-bond acceptors (Lipinski definition) is 4. The van der Waals surface area contributed by atoms with Crippen molar-refractivity contribution in [1.82, 2.24) is 20.0 Å². The molecule has 146 valence electrons. The van der Waals surface area contributed by atoms with Crippen LogP contribution >= 0.6 is 0 Å². The SMILES string of the molecule is Fc1cccc(-c2cn(Cc3nc(-c4ccccc4)c(-c4ccccc4)o3)nn2)c1. The van der Waals surface area contributed by atoms with Gasteiger partial charge in [-0.3, -0.25) is 0 Å². The van der Waals surface area contributed by atoms with Gasteiger partial charge in [0, 0.05) is 16.7 Å². The maximum atomic E-state index is 13.5. The average molecular weight is 396 g/mol. The normalized spacial score (nSPS) is 11.0. The summed E-state index contributed by atoms with van der Waals surface area (Å²) in [5, 5.41) is 8.29. The summed E-state index contributed by atoms with van der Waals surface area (Å²) in [6.07, 6.45) is 1.75. The number of nitrogens with zero attached hydrogens (tertiary/aromatic N) is 4. The molecule has 2 aromatic heterocycles. The molecule has 0 unspecified atom stereocenters. The molecule has 2 heterocycles. The lowest BCUT2D eigenvalue weighted by molar-refractivity contribution is 0.469. The lowest BCUT2D eigenvalue weighted by atomic mass is 10.1. The summed E-state index contributed by atoms with van der Waals surface area (Å²) in [5.74, 6) is 0.917. The number of benzene rings is 3. The van der Waals surface area contributed by atoms with Crippen molar-refractivity contribution in [3.05, 3.63) is 103 Å². The van der Waals surface area contributed by atoms with Gasteiger partial charge in [0.2, 0.25) is 5.89 Å². The van der Waals surface area contributed by atoms with Crippen LogP contribution in [-0.4, -0.2) is 20.0 Å². The molecular formula is C24H17FN4O. The van der Waals surface area contributed by atoms with Gasteiger partial charge in [0.25, 0.3) is 0 Å². The first-order valence-electron chi connectivity index (χ1n) is 9.53. The number of hydrogen-bond donors (Lipinski definition) is 0. The third-order valence-corrected chi connectivity index (χ3v) is 4.71. The minimum absolute atomic E-state index is 0.310. The van der Waals surface area contributed by atoms with Crippen LogP contribution in [-0.2, 0) is 6.54 Å². The fraction of sp³-hybridized carbons (Fsp3) is 0.0417. The molecule has 0 aliphatic heterocycles. The zero-order valence-electron chi connectivity index (χ0n) is 15.9. The molecule has 0 atom stereocenters. The Balaban J connectivity index is 1.49. The van der Waals surface area contributed by atoms with Gasteiger partial charge in [-0.1, -0.05) is 78.0 Å². The number of aromatic nitrogens is 4. The highest BCUT2D eigenvalue weighted by Gasteiger charge is 2.17. The fourth-order valence-corrected chi connectivity index (χ4v) is 3.30. The number of halogens is 1. The van der Waals surface area contributed by atoms with Gasteiger partial charge in [-0.2, -0.15) is 0 Å². The smallest absolute Gasteiger partial charge is 0.217 e. The Labute approximate surface area is 172 Å². The molecule has 3 aromatic carbocycles. The Bertz CT molecular complexity index is 1220. The van der Waals surface area contributed by atoms with E-state index in [1.54, 1.807) is 23.0 Å². The Morgan fingerprint density at radius 2 is 1.50 bits per heavy atom. The molecule has 0 saturated heterocycles. The van der Waals surface area contributed by atoms with E-state index in [-0.39, 0.29) is 5.82 Å². The maximum absolute atomic E-state index is 13.5. The second-order valence-corrected chi connectivity index (χ2v) is 6.83. The summed E-state index contributed by atoms with van der Waals surface area (Å²) in [6, 6.07) is 26.1. The van der Waals surface area contributed by atoms with Gasteiger partial charge in [0.05, 0.1) is 6.20 Å². The van der Waals surface area contributed by atoms with Crippen molar-refractivity contribution in [2.45, 2.75) is 6.54 Å².